The van der Waals surface area contributed by atoms with Crippen LogP contribution in [0.25, 0.3) is 55.8 Å². The van der Waals surface area contributed by atoms with Gasteiger partial charge in [-0.15, -0.1) is 25.7 Å². The molecule has 46 nitrogen and oxygen atoms in total. The lowest BCUT2D eigenvalue weighted by atomic mass is 10.1. The molecule has 2 amide bonds. The molecule has 1 aromatic carbocycles. The number of terminal acetylenes is 4. The first-order valence-electron chi connectivity index (χ1n) is 40.8. The maximum Gasteiger partial charge on any atom is 0.261 e. The number of nitrogens with zero attached hydrogens (tertiary/aromatic N) is 21. The molecule has 9 saturated heterocycles. The maximum absolute atomic E-state index is 12.9. The van der Waals surface area contributed by atoms with E-state index >= 15 is 0 Å². The molecular weight excluding hydrogens is 1740 g/mol. The lowest BCUT2D eigenvalue weighted by molar-refractivity contribution is -0.200. The number of halogens is 2. The molecule has 11 N–H and O–H groups in total. The molecule has 10 aromatic heterocycles. The number of imidazole rings is 5. The van der Waals surface area contributed by atoms with Crippen molar-refractivity contribution in [2.45, 2.75) is 201 Å². The molecule has 0 saturated carbocycles. The maximum atomic E-state index is 12.9. The van der Waals surface area contributed by atoms with Gasteiger partial charge in [0.2, 0.25) is 0 Å². The van der Waals surface area contributed by atoms with E-state index < -0.39 is 116 Å². The number of carbonyl (C=O) groups is 2. The molecule has 21 rings (SSSR count). The fourth-order valence-electron chi connectivity index (χ4n) is 16.7. The number of carbonyl (C=O) groups excluding carboxylic acids is 2. The number of imide groups is 1. The van der Waals surface area contributed by atoms with Gasteiger partial charge in [0.1, 0.15) is 134 Å². The van der Waals surface area contributed by atoms with E-state index in [0.717, 1.165) is 0 Å². The van der Waals surface area contributed by atoms with Gasteiger partial charge in [-0.1, -0.05) is 59.0 Å². The molecule has 10 aliphatic heterocycles. The number of ether oxygens (including phenoxy) is 13. The number of fused-ring (bicyclic) bond motifs is 10. The van der Waals surface area contributed by atoms with E-state index in [4.69, 9.17) is 115 Å². The van der Waals surface area contributed by atoms with Crippen molar-refractivity contribution in [1.82, 2.24) is 102 Å². The Morgan fingerprint density at radius 2 is 0.646 bits per heavy atom. The van der Waals surface area contributed by atoms with E-state index in [9.17, 15) is 35.1 Å². The van der Waals surface area contributed by atoms with Crippen LogP contribution in [0.1, 0.15) is 107 Å². The first kappa shape index (κ1) is 91.8. The number of hydrogen-bond donors (Lipinski definition) is 10. The molecule has 11 aromatic rings. The Kier molecular flexibility index (Phi) is 26.7. The zero-order valence-corrected chi connectivity index (χ0v) is 72.3. The van der Waals surface area contributed by atoms with Gasteiger partial charge in [-0.25, -0.2) is 74.8 Å². The Hall–Kier alpha value is -11.5. The van der Waals surface area contributed by atoms with Crippen LogP contribution in [0.2, 0.25) is 10.3 Å². The Balaban J connectivity index is 0.000000119. The third-order valence-electron chi connectivity index (χ3n) is 22.1. The van der Waals surface area contributed by atoms with Gasteiger partial charge in [0.05, 0.1) is 102 Å². The fraction of sp³-hybridized carbons (Fsp3) is 0.500. The van der Waals surface area contributed by atoms with Gasteiger partial charge in [0.25, 0.3) is 11.8 Å². The van der Waals surface area contributed by atoms with Crippen molar-refractivity contribution >= 4 is 108 Å². The van der Waals surface area contributed by atoms with Crippen molar-refractivity contribution in [3.63, 3.8) is 0 Å². The van der Waals surface area contributed by atoms with E-state index in [1.165, 1.54) is 47.4 Å². The average molecular weight is 1830 g/mol. The SMILES string of the molecule is C#CCN.C#CCNc1ncnc2c1ncn2[C@@H]1O[C@H](CN2C(=O)c3ccccc3C2=O)[C@H]2OC(C)(C)O[C@H]21.C#CCNc1ncnc2c1ncn2[C@@H]1O[C@H](CO)[C@H]2OC(C)(C)O[C@H]21.C#CCNc1ncnc2c1ncn2[C@@H]1O[C@H](CO)[C@H]2OC(C)(C)O[C@H]21.CC1(C)O[C@@H]2[C@H](O1)[C@@H](CO)O[C@H]2n1cnc2c(Cl)ncnc21.OC[C@H]1O[C@@H](n2cnc3c(Cl)ncnc32)[C@H](O)[C@@H]1O. The molecule has 0 bridgehead atoms. The highest BCUT2D eigenvalue weighted by molar-refractivity contribution is 6.33. The normalized spacial score (nSPS) is 29.2. The molecule has 9 fully saturated rings. The molecule has 0 unspecified atom stereocenters. The lowest BCUT2D eigenvalue weighted by Crippen LogP contribution is -2.42. The molecule has 20 heterocycles. The zero-order valence-electron chi connectivity index (χ0n) is 70.8. The summed E-state index contributed by atoms with van der Waals surface area (Å²) in [7, 11) is 0. The van der Waals surface area contributed by atoms with E-state index in [-0.39, 0.29) is 91.7 Å². The number of amides is 2. The molecule has 0 spiro atoms. The highest BCUT2D eigenvalue weighted by Crippen LogP contribution is 2.49. The Bertz CT molecular complexity index is 5980. The largest absolute Gasteiger partial charge is 0.394 e. The van der Waals surface area contributed by atoms with Gasteiger partial charge in [0.15, 0.2) is 127 Å². The van der Waals surface area contributed by atoms with Crippen LogP contribution in [0.4, 0.5) is 17.5 Å². The summed E-state index contributed by atoms with van der Waals surface area (Å²) in [5.41, 5.74) is 10.8. The molecule has 0 radical (unpaired) electrons. The first-order valence-corrected chi connectivity index (χ1v) is 41.5. The van der Waals surface area contributed by atoms with Gasteiger partial charge in [-0.2, -0.15) is 0 Å². The van der Waals surface area contributed by atoms with Crippen LogP contribution in [0, 0.1) is 49.4 Å². The Morgan fingerprint density at radius 1 is 0.377 bits per heavy atom. The highest BCUT2D eigenvalue weighted by atomic mass is 35.5. The number of nitrogens with two attached hydrogens (primary N) is 1. The van der Waals surface area contributed by atoms with Gasteiger partial charge in [-0.3, -0.25) is 37.3 Å². The molecule has 130 heavy (non-hydrogen) atoms. The third-order valence-corrected chi connectivity index (χ3v) is 22.6. The van der Waals surface area contributed by atoms with Gasteiger partial charge < -0.3 is 114 Å². The van der Waals surface area contributed by atoms with Crippen LogP contribution in [-0.4, -0.2) is 319 Å². The minimum Gasteiger partial charge on any atom is -0.394 e. The first-order chi connectivity index (χ1) is 62.5. The Labute approximate surface area is 749 Å². The molecule has 10 aliphatic rings. The minimum atomic E-state index is -1.19. The zero-order chi connectivity index (χ0) is 92.0. The predicted molar refractivity (Wildman–Crippen MR) is 454 cm³/mol. The third kappa shape index (κ3) is 17.8. The molecule has 20 atom stereocenters. The number of nitrogens with one attached hydrogen (secondary N) is 3. The summed E-state index contributed by atoms with van der Waals surface area (Å²) in [6, 6.07) is 6.78. The van der Waals surface area contributed by atoms with Gasteiger partial charge in [0, 0.05) is 0 Å². The van der Waals surface area contributed by atoms with E-state index in [1.54, 1.807) is 67.8 Å². The summed E-state index contributed by atoms with van der Waals surface area (Å²) in [6.45, 7) is 15.1. The standard InChI is InChI=1S/C24H22N6O5.2C16H19N5O4.C13H15ClN4O4.C10H11ClN4O4.C3H5N/c1-4-9-25-19-16-20(27-11-26-19)30(12-28-16)23-18-17(34-24(2,3)35-18)15(33-23)10-29-21(31)13-7-5-6-8-14(13)22(29)32;2*1-4-5-17-13-10-14(19-7-18-13)21(8-20-10)15-12-11(9(6-22)23-15)24-16(2,3)25-12;1-13(2)21-8-6(3-19)20-12(9(8)22-13)18-5-17-7-10(14)15-4-16-11(7)18;11-8-5-9(13-2-12-8)15(3-14-5)10-7(18)6(17)4(1-16)19-10;1-2-3-4/h1,5-8,11-12,15,17-18,23H,9-10H2,2-3H3,(H,25,26,27);2*1,7-9,11-12,15,22H,5-6H2,2-3H3,(H,17,18,19);4-6,8-9,12,19H,3H2,1-2H3;2-4,6-7,10,16-18H,1H2;1H,3-4H2/t15-,17-,18-,23-;2*9-,11-,12-,15-;6-,8-,9-,12-;4-,6-,7-,10-;/m11111./s1. The van der Waals surface area contributed by atoms with Crippen LogP contribution in [0.3, 0.4) is 0 Å². The van der Waals surface area contributed by atoms with E-state index in [1.807, 2.05) is 55.4 Å². The second-order valence-electron chi connectivity index (χ2n) is 32.3. The van der Waals surface area contributed by atoms with Crippen LogP contribution in [-0.2, 0) is 61.6 Å². The number of benzene rings is 1. The van der Waals surface area contributed by atoms with Crippen molar-refractivity contribution < 1.29 is 102 Å². The van der Waals surface area contributed by atoms with Crippen LogP contribution in [0.15, 0.2) is 87.5 Å². The van der Waals surface area contributed by atoms with Crippen LogP contribution >= 0.6 is 23.2 Å². The molecule has 48 heteroatoms. The topological polar surface area (TPSA) is 559 Å². The lowest BCUT2D eigenvalue weighted by Gasteiger charge is -2.26. The second-order valence-corrected chi connectivity index (χ2v) is 33.0. The summed E-state index contributed by atoms with van der Waals surface area (Å²) >= 11 is 11.9. The fourth-order valence-corrected chi connectivity index (χ4v) is 17.1. The van der Waals surface area contributed by atoms with Crippen molar-refractivity contribution in [3.05, 3.63) is 109 Å². The van der Waals surface area contributed by atoms with Gasteiger partial charge in [-0.05, 0) is 67.5 Å². The monoisotopic (exact) mass is 1830 g/mol. The Morgan fingerprint density at radius 3 is 0.946 bits per heavy atom. The van der Waals surface area contributed by atoms with Gasteiger partial charge >= 0.3 is 0 Å². The molecular formula is C82H91Cl2N25O21. The second kappa shape index (κ2) is 37.8. The number of aromatic nitrogens is 20. The number of hydrogen-bond acceptors (Lipinski definition) is 40. The van der Waals surface area contributed by atoms with Crippen molar-refractivity contribution in [1.29, 1.82) is 0 Å². The van der Waals surface area contributed by atoms with Crippen molar-refractivity contribution in [2.24, 2.45) is 5.73 Å². The molecule has 0 aliphatic carbocycles. The number of aliphatic hydroxyl groups excluding tert-OH is 6. The number of aliphatic hydroxyl groups is 6. The smallest absolute Gasteiger partial charge is 0.261 e. The minimum absolute atomic E-state index is 0.0278. The summed E-state index contributed by atoms with van der Waals surface area (Å²) in [5, 5.41) is 67.0. The van der Waals surface area contributed by atoms with Crippen molar-refractivity contribution in [3.8, 4) is 49.4 Å². The van der Waals surface area contributed by atoms with E-state index in [2.05, 4.69) is 121 Å². The number of anilines is 3. The highest BCUT2D eigenvalue weighted by Gasteiger charge is 2.61. The van der Waals surface area contributed by atoms with Crippen LogP contribution in [0.5, 0.6) is 0 Å². The predicted octanol–water partition coefficient (Wildman–Crippen LogP) is 1.71. The summed E-state index contributed by atoms with van der Waals surface area (Å²) < 4.78 is 85.9. The summed E-state index contributed by atoms with van der Waals surface area (Å²) in [5.74, 6) is 7.55. The summed E-state index contributed by atoms with van der Waals surface area (Å²) in [6.07, 6.45) is 23.8. The molecule has 684 valence electrons. The van der Waals surface area contributed by atoms with Crippen LogP contribution < -0.4 is 21.7 Å². The quantitative estimate of drug-likeness (QED) is 0.0352. The summed E-state index contributed by atoms with van der Waals surface area (Å²) in [4.78, 5) is 90.1. The average Bonchev–Trinajstić information content (AvgIpc) is 1.59. The van der Waals surface area contributed by atoms with E-state index in [0.29, 0.717) is 104 Å². The number of rotatable bonds is 17. The van der Waals surface area contributed by atoms with Crippen molar-refractivity contribution in [2.75, 3.05) is 75.1 Å².